The van der Waals surface area contributed by atoms with E-state index < -0.39 is 25.0 Å². The van der Waals surface area contributed by atoms with Gasteiger partial charge in [-0.25, -0.2) is 8.78 Å². The Morgan fingerprint density at radius 1 is 1.40 bits per heavy atom. The Kier molecular flexibility index (Phi) is 3.94. The van der Waals surface area contributed by atoms with Crippen LogP contribution in [0.15, 0.2) is 30.3 Å². The first-order valence-corrected chi connectivity index (χ1v) is 6.06. The predicted molar refractivity (Wildman–Crippen MR) is 70.8 cm³/mol. The number of fused-ring (bicyclic) bond motifs is 1. The Bertz CT molecular complexity index is 644. The number of aryl methyl sites for hydroxylation is 1. The quantitative estimate of drug-likeness (QED) is 0.899. The van der Waals surface area contributed by atoms with Crippen LogP contribution in [0.4, 0.5) is 8.78 Å². The third-order valence-corrected chi connectivity index (χ3v) is 2.83. The molecule has 2 aromatic rings. The topological polar surface area (TPSA) is 62.2 Å². The standard InChI is InChI=1S/C14H14F2N2O2/c1-9-6-11(10-4-2-3-5-12(10)18-9)13(20)17-7-14(15,16)8-19/h2-6,19H,7-8H2,1H3,(H,17,20). The van der Waals surface area contributed by atoms with Gasteiger partial charge in [0.15, 0.2) is 0 Å². The first kappa shape index (κ1) is 14.3. The fourth-order valence-corrected chi connectivity index (χ4v) is 1.86. The van der Waals surface area contributed by atoms with Crippen molar-refractivity contribution in [2.24, 2.45) is 0 Å². The number of nitrogens with one attached hydrogen (secondary N) is 1. The van der Waals surface area contributed by atoms with Crippen molar-refractivity contribution < 1.29 is 18.7 Å². The van der Waals surface area contributed by atoms with Crippen LogP contribution in [0, 0.1) is 6.92 Å². The lowest BCUT2D eigenvalue weighted by Crippen LogP contribution is -2.39. The van der Waals surface area contributed by atoms with Gasteiger partial charge in [-0.1, -0.05) is 18.2 Å². The Morgan fingerprint density at radius 2 is 2.10 bits per heavy atom. The highest BCUT2D eigenvalue weighted by molar-refractivity contribution is 6.06. The molecule has 0 bridgehead atoms. The highest BCUT2D eigenvalue weighted by atomic mass is 19.3. The third kappa shape index (κ3) is 3.08. The summed E-state index contributed by atoms with van der Waals surface area (Å²) in [5.74, 6) is -3.94. The minimum absolute atomic E-state index is 0.293. The number of alkyl halides is 2. The van der Waals surface area contributed by atoms with E-state index in [0.717, 1.165) is 0 Å². The van der Waals surface area contributed by atoms with Gasteiger partial charge in [-0.2, -0.15) is 0 Å². The average molecular weight is 280 g/mol. The molecule has 0 spiro atoms. The zero-order valence-corrected chi connectivity index (χ0v) is 10.9. The van der Waals surface area contributed by atoms with E-state index in [1.807, 2.05) is 0 Å². The normalized spacial score (nSPS) is 11.6. The average Bonchev–Trinajstić information content (AvgIpc) is 2.44. The van der Waals surface area contributed by atoms with E-state index in [9.17, 15) is 13.6 Å². The fourth-order valence-electron chi connectivity index (χ4n) is 1.86. The SMILES string of the molecule is Cc1cc(C(=O)NCC(F)(F)CO)c2ccccc2n1. The summed E-state index contributed by atoms with van der Waals surface area (Å²) in [5.41, 5.74) is 1.55. The van der Waals surface area contributed by atoms with Gasteiger partial charge in [-0.3, -0.25) is 9.78 Å². The summed E-state index contributed by atoms with van der Waals surface area (Å²) in [6.45, 7) is -0.479. The molecule has 6 heteroatoms. The number of halogens is 2. The second kappa shape index (κ2) is 5.50. The second-order valence-electron chi connectivity index (χ2n) is 4.53. The summed E-state index contributed by atoms with van der Waals surface area (Å²) in [5, 5.41) is 11.2. The zero-order chi connectivity index (χ0) is 14.8. The molecule has 0 saturated carbocycles. The van der Waals surface area contributed by atoms with Crippen LogP contribution in [-0.2, 0) is 0 Å². The highest BCUT2D eigenvalue weighted by Gasteiger charge is 2.28. The monoisotopic (exact) mass is 280 g/mol. The van der Waals surface area contributed by atoms with Crippen LogP contribution in [0.1, 0.15) is 16.1 Å². The van der Waals surface area contributed by atoms with E-state index in [1.54, 1.807) is 37.3 Å². The number of nitrogens with zero attached hydrogens (tertiary/aromatic N) is 1. The number of aromatic nitrogens is 1. The minimum atomic E-state index is -3.33. The van der Waals surface area contributed by atoms with E-state index >= 15 is 0 Å². The van der Waals surface area contributed by atoms with Gasteiger partial charge in [0.25, 0.3) is 11.8 Å². The molecule has 0 unspecified atom stereocenters. The first-order valence-electron chi connectivity index (χ1n) is 6.06. The summed E-state index contributed by atoms with van der Waals surface area (Å²) in [6.07, 6.45) is 0. The summed E-state index contributed by atoms with van der Waals surface area (Å²) in [7, 11) is 0. The third-order valence-electron chi connectivity index (χ3n) is 2.83. The molecule has 2 N–H and O–H groups in total. The number of pyridine rings is 1. The van der Waals surface area contributed by atoms with Gasteiger partial charge >= 0.3 is 0 Å². The molecule has 0 saturated heterocycles. The number of carbonyl (C=O) groups excluding carboxylic acids is 1. The molecule has 1 heterocycles. The molecule has 2 rings (SSSR count). The van der Waals surface area contributed by atoms with E-state index in [1.165, 1.54) is 0 Å². The molecule has 1 aromatic heterocycles. The van der Waals surface area contributed by atoms with E-state index in [-0.39, 0.29) is 0 Å². The van der Waals surface area contributed by atoms with Crippen molar-refractivity contribution in [2.45, 2.75) is 12.8 Å². The van der Waals surface area contributed by atoms with Gasteiger partial charge in [0, 0.05) is 11.1 Å². The molecule has 0 radical (unpaired) electrons. The molecular weight excluding hydrogens is 266 g/mol. The maximum absolute atomic E-state index is 12.9. The number of benzene rings is 1. The van der Waals surface area contributed by atoms with Crippen LogP contribution in [0.3, 0.4) is 0 Å². The van der Waals surface area contributed by atoms with Crippen molar-refractivity contribution in [2.75, 3.05) is 13.2 Å². The summed E-state index contributed by atoms with van der Waals surface area (Å²) < 4.78 is 25.9. The molecule has 0 aliphatic heterocycles. The Hall–Kier alpha value is -2.08. The number of carbonyl (C=O) groups is 1. The predicted octanol–water partition coefficient (Wildman–Crippen LogP) is 1.90. The molecule has 0 atom stereocenters. The molecule has 0 fully saturated rings. The zero-order valence-electron chi connectivity index (χ0n) is 10.9. The number of hydrogen-bond acceptors (Lipinski definition) is 3. The van der Waals surface area contributed by atoms with Crippen LogP contribution < -0.4 is 5.32 Å². The van der Waals surface area contributed by atoms with Gasteiger partial charge in [0.05, 0.1) is 17.6 Å². The van der Waals surface area contributed by atoms with Crippen LogP contribution in [0.2, 0.25) is 0 Å². The number of aliphatic hydroxyl groups excluding tert-OH is 1. The molecular formula is C14H14F2N2O2. The van der Waals surface area contributed by atoms with Crippen molar-refractivity contribution in [3.05, 3.63) is 41.6 Å². The van der Waals surface area contributed by atoms with Gasteiger partial charge in [-0.15, -0.1) is 0 Å². The maximum atomic E-state index is 12.9. The molecule has 1 aromatic carbocycles. The highest BCUT2D eigenvalue weighted by Crippen LogP contribution is 2.18. The Morgan fingerprint density at radius 3 is 2.80 bits per heavy atom. The molecule has 0 aliphatic rings. The van der Waals surface area contributed by atoms with Gasteiger partial charge < -0.3 is 10.4 Å². The summed E-state index contributed by atoms with van der Waals surface area (Å²) >= 11 is 0. The van der Waals surface area contributed by atoms with Crippen LogP contribution in [0.5, 0.6) is 0 Å². The molecule has 1 amide bonds. The number of aliphatic hydroxyl groups is 1. The molecule has 4 nitrogen and oxygen atoms in total. The summed E-state index contributed by atoms with van der Waals surface area (Å²) in [6, 6.07) is 8.55. The number of amides is 1. The van der Waals surface area contributed by atoms with Crippen LogP contribution >= 0.6 is 0 Å². The second-order valence-corrected chi connectivity index (χ2v) is 4.53. The molecule has 106 valence electrons. The van der Waals surface area contributed by atoms with Crippen LogP contribution in [-0.4, -0.2) is 35.1 Å². The lowest BCUT2D eigenvalue weighted by molar-refractivity contribution is -0.0461. The van der Waals surface area contributed by atoms with Gasteiger partial charge in [0.2, 0.25) is 0 Å². The number of rotatable bonds is 4. The Labute approximate surface area is 114 Å². The maximum Gasteiger partial charge on any atom is 0.287 e. The smallest absolute Gasteiger partial charge is 0.287 e. The lowest BCUT2D eigenvalue weighted by Gasteiger charge is -2.14. The van der Waals surface area contributed by atoms with Crippen molar-refractivity contribution >= 4 is 16.8 Å². The van der Waals surface area contributed by atoms with Crippen molar-refractivity contribution in [1.82, 2.24) is 10.3 Å². The van der Waals surface area contributed by atoms with Crippen molar-refractivity contribution in [3.63, 3.8) is 0 Å². The summed E-state index contributed by atoms with van der Waals surface area (Å²) in [4.78, 5) is 16.3. The first-order chi connectivity index (χ1) is 9.43. The molecule has 0 aliphatic carbocycles. The number of para-hydroxylation sites is 1. The van der Waals surface area contributed by atoms with Gasteiger partial charge in [-0.05, 0) is 19.1 Å². The minimum Gasteiger partial charge on any atom is -0.390 e. The van der Waals surface area contributed by atoms with E-state index in [4.69, 9.17) is 5.11 Å². The van der Waals surface area contributed by atoms with Crippen LogP contribution in [0.25, 0.3) is 10.9 Å². The van der Waals surface area contributed by atoms with Crippen molar-refractivity contribution in [3.8, 4) is 0 Å². The fraction of sp³-hybridized carbons (Fsp3) is 0.286. The largest absolute Gasteiger partial charge is 0.390 e. The van der Waals surface area contributed by atoms with E-state index in [2.05, 4.69) is 10.3 Å². The number of hydrogen-bond donors (Lipinski definition) is 2. The van der Waals surface area contributed by atoms with E-state index in [0.29, 0.717) is 22.2 Å². The molecule has 20 heavy (non-hydrogen) atoms. The Balaban J connectivity index is 2.30. The van der Waals surface area contributed by atoms with Crippen molar-refractivity contribution in [1.29, 1.82) is 0 Å². The van der Waals surface area contributed by atoms with Gasteiger partial charge in [0.1, 0.15) is 6.61 Å². The lowest BCUT2D eigenvalue weighted by atomic mass is 10.1.